The molecule has 0 bridgehead atoms. The molecule has 4 heteroatoms. The van der Waals surface area contributed by atoms with Gasteiger partial charge in [0.25, 0.3) is 0 Å². The van der Waals surface area contributed by atoms with E-state index in [4.69, 9.17) is 16.3 Å². The standard InChI is InChI=1S/C14H18ClNO2/c1-10-14(2,7-8-18-10)16-13(17)9-11-5-3-4-6-12(11)15/h3-6,10H,7-9H2,1-2H3,(H,16,17)/t10-,14+/m1/s1. The van der Waals surface area contributed by atoms with Crippen LogP contribution in [0.2, 0.25) is 5.02 Å². The molecule has 2 rings (SSSR count). The van der Waals surface area contributed by atoms with E-state index < -0.39 is 0 Å². The van der Waals surface area contributed by atoms with Crippen molar-refractivity contribution in [3.63, 3.8) is 0 Å². The van der Waals surface area contributed by atoms with E-state index >= 15 is 0 Å². The predicted octanol–water partition coefficient (Wildman–Crippen LogP) is 2.57. The fraction of sp³-hybridized carbons (Fsp3) is 0.500. The lowest BCUT2D eigenvalue weighted by Crippen LogP contribution is -2.51. The van der Waals surface area contributed by atoms with Crippen LogP contribution in [-0.4, -0.2) is 24.2 Å². The van der Waals surface area contributed by atoms with E-state index in [2.05, 4.69) is 5.32 Å². The third-order valence-electron chi connectivity index (χ3n) is 3.62. The van der Waals surface area contributed by atoms with E-state index in [0.29, 0.717) is 18.1 Å². The first kappa shape index (κ1) is 13.4. The lowest BCUT2D eigenvalue weighted by Gasteiger charge is -2.29. The Morgan fingerprint density at radius 3 is 2.89 bits per heavy atom. The molecular weight excluding hydrogens is 250 g/mol. The van der Waals surface area contributed by atoms with Gasteiger partial charge in [-0.25, -0.2) is 0 Å². The average Bonchev–Trinajstić information content (AvgIpc) is 2.62. The predicted molar refractivity (Wildman–Crippen MR) is 71.7 cm³/mol. The Morgan fingerprint density at radius 1 is 1.56 bits per heavy atom. The summed E-state index contributed by atoms with van der Waals surface area (Å²) in [5.74, 6) is -0.0112. The molecule has 1 fully saturated rings. The van der Waals surface area contributed by atoms with Crippen molar-refractivity contribution < 1.29 is 9.53 Å². The van der Waals surface area contributed by atoms with Crippen molar-refractivity contribution in [2.24, 2.45) is 0 Å². The van der Waals surface area contributed by atoms with Gasteiger partial charge in [-0.2, -0.15) is 0 Å². The van der Waals surface area contributed by atoms with Crippen molar-refractivity contribution >= 4 is 17.5 Å². The van der Waals surface area contributed by atoms with Gasteiger partial charge in [0.15, 0.2) is 0 Å². The highest BCUT2D eigenvalue weighted by atomic mass is 35.5. The fourth-order valence-electron chi connectivity index (χ4n) is 2.18. The molecule has 3 nitrogen and oxygen atoms in total. The normalized spacial score (nSPS) is 27.2. The van der Waals surface area contributed by atoms with Crippen LogP contribution < -0.4 is 5.32 Å². The first-order valence-electron chi connectivity index (χ1n) is 6.17. The Morgan fingerprint density at radius 2 is 2.28 bits per heavy atom. The molecule has 1 heterocycles. The van der Waals surface area contributed by atoms with E-state index in [1.807, 2.05) is 32.0 Å². The summed E-state index contributed by atoms with van der Waals surface area (Å²) in [6.07, 6.45) is 1.21. The maximum Gasteiger partial charge on any atom is 0.224 e. The third kappa shape index (κ3) is 2.85. The topological polar surface area (TPSA) is 38.3 Å². The molecule has 18 heavy (non-hydrogen) atoms. The number of benzene rings is 1. The molecule has 1 N–H and O–H groups in total. The first-order chi connectivity index (χ1) is 8.51. The van der Waals surface area contributed by atoms with Crippen molar-refractivity contribution in [2.45, 2.75) is 38.3 Å². The zero-order valence-electron chi connectivity index (χ0n) is 10.7. The monoisotopic (exact) mass is 267 g/mol. The second-order valence-electron chi connectivity index (χ2n) is 5.00. The first-order valence-corrected chi connectivity index (χ1v) is 6.55. The summed E-state index contributed by atoms with van der Waals surface area (Å²) in [4.78, 5) is 12.0. The molecule has 0 aliphatic carbocycles. The van der Waals surface area contributed by atoms with Crippen LogP contribution in [0.3, 0.4) is 0 Å². The van der Waals surface area contributed by atoms with Crippen LogP contribution >= 0.6 is 11.6 Å². The molecule has 1 aromatic carbocycles. The number of hydrogen-bond acceptors (Lipinski definition) is 2. The molecular formula is C14H18ClNO2. The minimum Gasteiger partial charge on any atom is -0.376 e. The average molecular weight is 268 g/mol. The van der Waals surface area contributed by atoms with Gasteiger partial charge in [-0.1, -0.05) is 29.8 Å². The molecule has 1 aliphatic rings. The van der Waals surface area contributed by atoms with Gasteiger partial charge in [-0.15, -0.1) is 0 Å². The van der Waals surface area contributed by atoms with Crippen molar-refractivity contribution in [1.82, 2.24) is 5.32 Å². The highest BCUT2D eigenvalue weighted by Gasteiger charge is 2.38. The minimum atomic E-state index is -0.266. The maximum atomic E-state index is 12.0. The van der Waals surface area contributed by atoms with Gasteiger partial charge in [0.05, 0.1) is 18.1 Å². The Balaban J connectivity index is 1.99. The van der Waals surface area contributed by atoms with E-state index in [1.54, 1.807) is 6.07 Å². The molecule has 0 unspecified atom stereocenters. The molecule has 98 valence electrons. The second-order valence-corrected chi connectivity index (χ2v) is 5.40. The van der Waals surface area contributed by atoms with Crippen LogP contribution in [0.4, 0.5) is 0 Å². The number of hydrogen-bond donors (Lipinski definition) is 1. The number of rotatable bonds is 3. The Labute approximate surface area is 112 Å². The molecule has 0 saturated carbocycles. The Bertz CT molecular complexity index is 449. The van der Waals surface area contributed by atoms with Gasteiger partial charge < -0.3 is 10.1 Å². The van der Waals surface area contributed by atoms with E-state index in [1.165, 1.54) is 0 Å². The minimum absolute atomic E-state index is 0.0112. The van der Waals surface area contributed by atoms with Crippen LogP contribution in [0.5, 0.6) is 0 Å². The quantitative estimate of drug-likeness (QED) is 0.914. The largest absolute Gasteiger partial charge is 0.376 e. The molecule has 1 saturated heterocycles. The molecule has 1 amide bonds. The second kappa shape index (κ2) is 5.29. The maximum absolute atomic E-state index is 12.0. The summed E-state index contributed by atoms with van der Waals surface area (Å²) in [6.45, 7) is 4.71. The summed E-state index contributed by atoms with van der Waals surface area (Å²) < 4.78 is 5.50. The summed E-state index contributed by atoms with van der Waals surface area (Å²) in [5, 5.41) is 3.69. The third-order valence-corrected chi connectivity index (χ3v) is 3.99. The van der Waals surface area contributed by atoms with E-state index in [9.17, 15) is 4.79 Å². The number of amides is 1. The SMILES string of the molecule is C[C@H]1OCC[C@]1(C)NC(=O)Cc1ccccc1Cl. The lowest BCUT2D eigenvalue weighted by molar-refractivity contribution is -0.122. The molecule has 0 aromatic heterocycles. The highest BCUT2D eigenvalue weighted by molar-refractivity contribution is 6.31. The van der Waals surface area contributed by atoms with Crippen molar-refractivity contribution in [3.8, 4) is 0 Å². The Kier molecular flexibility index (Phi) is 3.93. The van der Waals surface area contributed by atoms with Crippen molar-refractivity contribution in [2.75, 3.05) is 6.61 Å². The lowest BCUT2D eigenvalue weighted by atomic mass is 9.94. The van der Waals surface area contributed by atoms with Crippen LogP contribution in [0.1, 0.15) is 25.8 Å². The van der Waals surface area contributed by atoms with Crippen molar-refractivity contribution in [1.29, 1.82) is 0 Å². The summed E-state index contributed by atoms with van der Waals surface area (Å²) in [5.41, 5.74) is 0.588. The van der Waals surface area contributed by atoms with Gasteiger partial charge in [-0.3, -0.25) is 4.79 Å². The fourth-order valence-corrected chi connectivity index (χ4v) is 2.38. The van der Waals surface area contributed by atoms with Gasteiger partial charge in [-0.05, 0) is 31.9 Å². The van der Waals surface area contributed by atoms with E-state index in [-0.39, 0.29) is 17.6 Å². The van der Waals surface area contributed by atoms with Crippen LogP contribution in [0.15, 0.2) is 24.3 Å². The van der Waals surface area contributed by atoms with Gasteiger partial charge in [0.1, 0.15) is 0 Å². The van der Waals surface area contributed by atoms with Gasteiger partial charge in [0.2, 0.25) is 5.91 Å². The summed E-state index contributed by atoms with van der Waals surface area (Å²) in [6, 6.07) is 7.42. The zero-order valence-corrected chi connectivity index (χ0v) is 11.5. The number of halogens is 1. The molecule has 0 spiro atoms. The number of ether oxygens (including phenoxy) is 1. The van der Waals surface area contributed by atoms with E-state index in [0.717, 1.165) is 12.0 Å². The summed E-state index contributed by atoms with van der Waals surface area (Å²) in [7, 11) is 0. The summed E-state index contributed by atoms with van der Waals surface area (Å²) >= 11 is 6.04. The van der Waals surface area contributed by atoms with Gasteiger partial charge in [0, 0.05) is 11.6 Å². The number of nitrogens with one attached hydrogen (secondary N) is 1. The highest BCUT2D eigenvalue weighted by Crippen LogP contribution is 2.25. The van der Waals surface area contributed by atoms with Crippen LogP contribution in [-0.2, 0) is 16.0 Å². The Hall–Kier alpha value is -1.06. The number of carbonyl (C=O) groups excluding carboxylic acids is 1. The van der Waals surface area contributed by atoms with Crippen LogP contribution in [0.25, 0.3) is 0 Å². The smallest absolute Gasteiger partial charge is 0.224 e. The zero-order chi connectivity index (χ0) is 13.2. The number of carbonyl (C=O) groups is 1. The van der Waals surface area contributed by atoms with Crippen LogP contribution in [0, 0.1) is 0 Å². The van der Waals surface area contributed by atoms with Gasteiger partial charge >= 0.3 is 0 Å². The molecule has 2 atom stereocenters. The molecule has 0 radical (unpaired) electrons. The van der Waals surface area contributed by atoms with Crippen molar-refractivity contribution in [3.05, 3.63) is 34.9 Å². The molecule has 1 aromatic rings. The molecule has 1 aliphatic heterocycles.